The van der Waals surface area contributed by atoms with Crippen LogP contribution in [0.1, 0.15) is 37.8 Å². The van der Waals surface area contributed by atoms with E-state index in [1.807, 2.05) is 24.3 Å². The van der Waals surface area contributed by atoms with Gasteiger partial charge in [0.15, 0.2) is 4.96 Å². The van der Waals surface area contributed by atoms with Crippen LogP contribution in [-0.2, 0) is 16.1 Å². The van der Waals surface area contributed by atoms with E-state index in [2.05, 4.69) is 4.98 Å². The SMILES string of the molecule is O=C(C[C@@H]1C[C@H]2CC[C@@H]1C2)OCc1cc(=O)n2c(n1)sc1ccccc12. The zero-order valence-corrected chi connectivity index (χ0v) is 15.2. The molecule has 3 aromatic rings. The van der Waals surface area contributed by atoms with Gasteiger partial charge in [0, 0.05) is 12.5 Å². The number of para-hydroxylation sites is 1. The van der Waals surface area contributed by atoms with E-state index in [0.717, 1.165) is 16.1 Å². The topological polar surface area (TPSA) is 60.7 Å². The van der Waals surface area contributed by atoms with E-state index in [1.54, 1.807) is 4.40 Å². The van der Waals surface area contributed by atoms with Crippen LogP contribution in [-0.4, -0.2) is 15.4 Å². The fraction of sp³-hybridized carbons (Fsp3) is 0.450. The van der Waals surface area contributed by atoms with E-state index in [4.69, 9.17) is 4.74 Å². The van der Waals surface area contributed by atoms with Gasteiger partial charge in [0.25, 0.3) is 5.56 Å². The molecule has 2 bridgehead atoms. The Balaban J connectivity index is 1.31. The quantitative estimate of drug-likeness (QED) is 0.658. The molecule has 2 aromatic heterocycles. The predicted molar refractivity (Wildman–Crippen MR) is 100 cm³/mol. The molecule has 0 N–H and O–H groups in total. The van der Waals surface area contributed by atoms with Gasteiger partial charge in [-0.3, -0.25) is 14.0 Å². The van der Waals surface area contributed by atoms with Crippen LogP contribution < -0.4 is 5.56 Å². The highest BCUT2D eigenvalue weighted by Gasteiger charge is 2.40. The Morgan fingerprint density at radius 3 is 2.96 bits per heavy atom. The lowest BCUT2D eigenvalue weighted by Crippen LogP contribution is -2.18. The highest BCUT2D eigenvalue weighted by Crippen LogP contribution is 2.49. The molecular formula is C20H20N2O3S. The van der Waals surface area contributed by atoms with Gasteiger partial charge in [-0.05, 0) is 49.1 Å². The molecule has 2 aliphatic rings. The second-order valence-electron chi connectivity index (χ2n) is 7.57. The van der Waals surface area contributed by atoms with Crippen molar-refractivity contribution in [3.05, 3.63) is 46.4 Å². The summed E-state index contributed by atoms with van der Waals surface area (Å²) in [7, 11) is 0. The van der Waals surface area contributed by atoms with Crippen molar-refractivity contribution in [1.29, 1.82) is 0 Å². The molecule has 5 nitrogen and oxygen atoms in total. The average molecular weight is 368 g/mol. The maximum atomic E-state index is 12.5. The molecule has 0 unspecified atom stereocenters. The summed E-state index contributed by atoms with van der Waals surface area (Å²) in [5, 5.41) is 0. The first kappa shape index (κ1) is 16.0. The van der Waals surface area contributed by atoms with E-state index in [1.165, 1.54) is 43.1 Å². The highest BCUT2D eigenvalue weighted by atomic mass is 32.1. The second kappa shape index (κ2) is 6.20. The zero-order valence-electron chi connectivity index (χ0n) is 14.4. The van der Waals surface area contributed by atoms with Crippen molar-refractivity contribution >= 4 is 32.5 Å². The molecule has 3 atom stereocenters. The van der Waals surface area contributed by atoms with Crippen molar-refractivity contribution in [2.75, 3.05) is 0 Å². The van der Waals surface area contributed by atoms with Crippen LogP contribution in [0, 0.1) is 17.8 Å². The molecule has 2 fully saturated rings. The Morgan fingerprint density at radius 1 is 1.27 bits per heavy atom. The normalized spacial score (nSPS) is 24.5. The van der Waals surface area contributed by atoms with Gasteiger partial charge in [-0.25, -0.2) is 4.98 Å². The molecular weight excluding hydrogens is 348 g/mol. The smallest absolute Gasteiger partial charge is 0.306 e. The van der Waals surface area contributed by atoms with Gasteiger partial charge >= 0.3 is 5.97 Å². The van der Waals surface area contributed by atoms with E-state index in [-0.39, 0.29) is 18.1 Å². The summed E-state index contributed by atoms with van der Waals surface area (Å²) in [5.74, 6) is 1.87. The molecule has 26 heavy (non-hydrogen) atoms. The zero-order chi connectivity index (χ0) is 17.7. The van der Waals surface area contributed by atoms with Crippen LogP contribution in [0.5, 0.6) is 0 Å². The summed E-state index contributed by atoms with van der Waals surface area (Å²) in [4.78, 5) is 29.8. The number of carbonyl (C=O) groups excluding carboxylic acids is 1. The Labute approximate surface area is 154 Å². The third-order valence-corrected chi connectivity index (χ3v) is 6.96. The van der Waals surface area contributed by atoms with Crippen LogP contribution in [0.4, 0.5) is 0 Å². The summed E-state index contributed by atoms with van der Waals surface area (Å²) in [6.07, 6.45) is 5.57. The van der Waals surface area contributed by atoms with Crippen LogP contribution in [0.3, 0.4) is 0 Å². The number of aromatic nitrogens is 2. The largest absolute Gasteiger partial charge is 0.459 e. The van der Waals surface area contributed by atoms with Crippen LogP contribution >= 0.6 is 11.3 Å². The number of carbonyl (C=O) groups is 1. The molecule has 0 radical (unpaired) electrons. The number of rotatable bonds is 4. The lowest BCUT2D eigenvalue weighted by atomic mass is 9.86. The third-order valence-electron chi connectivity index (χ3n) is 5.94. The Morgan fingerprint density at radius 2 is 2.15 bits per heavy atom. The predicted octanol–water partition coefficient (Wildman–Crippen LogP) is 3.78. The first-order chi connectivity index (χ1) is 12.7. The fourth-order valence-electron chi connectivity index (χ4n) is 4.75. The van der Waals surface area contributed by atoms with Crippen LogP contribution in [0.15, 0.2) is 35.1 Å². The molecule has 2 heterocycles. The van der Waals surface area contributed by atoms with Crippen LogP contribution in [0.2, 0.25) is 0 Å². The van der Waals surface area contributed by atoms with Crippen molar-refractivity contribution in [2.24, 2.45) is 17.8 Å². The van der Waals surface area contributed by atoms with Crippen molar-refractivity contribution in [3.63, 3.8) is 0 Å². The third kappa shape index (κ3) is 2.72. The molecule has 134 valence electrons. The minimum Gasteiger partial charge on any atom is -0.459 e. The number of ether oxygens (including phenoxy) is 1. The first-order valence-electron chi connectivity index (χ1n) is 9.23. The van der Waals surface area contributed by atoms with Gasteiger partial charge in [-0.15, -0.1) is 0 Å². The minimum atomic E-state index is -0.166. The number of nitrogens with zero attached hydrogens (tertiary/aromatic N) is 2. The fourth-order valence-corrected chi connectivity index (χ4v) is 5.80. The molecule has 0 saturated heterocycles. The Bertz CT molecular complexity index is 1050. The van der Waals surface area contributed by atoms with Crippen molar-refractivity contribution < 1.29 is 9.53 Å². The standard InChI is InChI=1S/C20H20N2O3S/c23-18-10-15(21-20-22(18)16-3-1-2-4-17(16)26-20)11-25-19(24)9-14-8-12-5-6-13(14)7-12/h1-4,10,12-14H,5-9,11H2/t12-,13+,14-/m0/s1. The van der Waals surface area contributed by atoms with Gasteiger partial charge in [-0.1, -0.05) is 29.9 Å². The first-order valence-corrected chi connectivity index (χ1v) is 10.0. The summed E-state index contributed by atoms with van der Waals surface area (Å²) < 4.78 is 8.06. The molecule has 5 rings (SSSR count). The van der Waals surface area contributed by atoms with Crippen molar-refractivity contribution in [3.8, 4) is 0 Å². The van der Waals surface area contributed by atoms with E-state index >= 15 is 0 Å². The molecule has 2 saturated carbocycles. The molecule has 0 spiro atoms. The maximum Gasteiger partial charge on any atom is 0.306 e. The molecule has 1 aromatic carbocycles. The van der Waals surface area contributed by atoms with Gasteiger partial charge in [0.05, 0.1) is 15.9 Å². The number of hydrogen-bond donors (Lipinski definition) is 0. The average Bonchev–Trinajstić information content (AvgIpc) is 3.33. The lowest BCUT2D eigenvalue weighted by Gasteiger charge is -2.20. The molecule has 0 aliphatic heterocycles. The number of thiazole rings is 1. The number of esters is 1. The van der Waals surface area contributed by atoms with Gasteiger partial charge in [-0.2, -0.15) is 0 Å². The highest BCUT2D eigenvalue weighted by molar-refractivity contribution is 7.23. The van der Waals surface area contributed by atoms with Gasteiger partial charge < -0.3 is 4.74 Å². The minimum absolute atomic E-state index is 0.0691. The van der Waals surface area contributed by atoms with Gasteiger partial charge in [0.2, 0.25) is 0 Å². The monoisotopic (exact) mass is 368 g/mol. The lowest BCUT2D eigenvalue weighted by molar-refractivity contribution is -0.146. The number of benzene rings is 1. The molecule has 0 amide bonds. The molecule has 2 aliphatic carbocycles. The second-order valence-corrected chi connectivity index (χ2v) is 8.58. The van der Waals surface area contributed by atoms with E-state index < -0.39 is 0 Å². The summed E-state index contributed by atoms with van der Waals surface area (Å²) in [5.41, 5.74) is 1.25. The van der Waals surface area contributed by atoms with E-state index in [0.29, 0.717) is 28.9 Å². The Hall–Kier alpha value is -2.21. The maximum absolute atomic E-state index is 12.5. The van der Waals surface area contributed by atoms with Gasteiger partial charge in [0.1, 0.15) is 6.61 Å². The summed E-state index contributed by atoms with van der Waals surface area (Å²) >= 11 is 1.47. The molecule has 6 heteroatoms. The Kier molecular flexibility index (Phi) is 3.81. The summed E-state index contributed by atoms with van der Waals surface area (Å²) in [6.45, 7) is 0.0691. The number of hydrogen-bond acceptors (Lipinski definition) is 5. The van der Waals surface area contributed by atoms with E-state index in [9.17, 15) is 9.59 Å². The number of fused-ring (bicyclic) bond motifs is 5. The van der Waals surface area contributed by atoms with Crippen LogP contribution in [0.25, 0.3) is 15.2 Å². The van der Waals surface area contributed by atoms with Crippen molar-refractivity contribution in [1.82, 2.24) is 9.38 Å². The van der Waals surface area contributed by atoms with Crippen molar-refractivity contribution in [2.45, 2.75) is 38.7 Å². The summed E-state index contributed by atoms with van der Waals surface area (Å²) in [6, 6.07) is 9.21.